The van der Waals surface area contributed by atoms with E-state index in [-0.39, 0.29) is 12.3 Å². The van der Waals surface area contributed by atoms with Crippen LogP contribution in [0.5, 0.6) is 5.88 Å². The maximum absolute atomic E-state index is 13.5. The SMILES string of the molecule is CCOC(F)C1CCn2nc(C(N)=O)cc2O1. The van der Waals surface area contributed by atoms with Crippen LogP contribution in [-0.2, 0) is 11.3 Å². The molecule has 0 fully saturated rings. The molecule has 94 valence electrons. The fraction of sp³-hybridized carbons (Fsp3) is 0.600. The predicted molar refractivity (Wildman–Crippen MR) is 56.3 cm³/mol. The third kappa shape index (κ3) is 2.38. The summed E-state index contributed by atoms with van der Waals surface area (Å²) in [5.41, 5.74) is 5.22. The minimum absolute atomic E-state index is 0.118. The topological polar surface area (TPSA) is 79.4 Å². The standard InChI is InChI=1S/C10H14FN3O3/c1-2-16-9(11)7-3-4-14-8(17-7)5-6(13-14)10(12)15/h5,7,9H,2-4H2,1H3,(H2,12,15). The molecule has 1 aromatic heterocycles. The van der Waals surface area contributed by atoms with Gasteiger partial charge in [0, 0.05) is 25.6 Å². The van der Waals surface area contributed by atoms with Crippen molar-refractivity contribution in [3.8, 4) is 5.88 Å². The molecule has 0 spiro atoms. The van der Waals surface area contributed by atoms with Gasteiger partial charge in [-0.15, -0.1) is 0 Å². The van der Waals surface area contributed by atoms with Crippen LogP contribution in [0.2, 0.25) is 0 Å². The number of primary amides is 1. The first-order valence-corrected chi connectivity index (χ1v) is 5.41. The van der Waals surface area contributed by atoms with Gasteiger partial charge in [-0.25, -0.2) is 9.07 Å². The number of carbonyl (C=O) groups is 1. The maximum Gasteiger partial charge on any atom is 0.269 e. The number of aromatic nitrogens is 2. The van der Waals surface area contributed by atoms with Crippen molar-refractivity contribution in [3.05, 3.63) is 11.8 Å². The predicted octanol–water partition coefficient (Wildman–Crippen LogP) is 0.465. The molecular formula is C10H14FN3O3. The first kappa shape index (κ1) is 11.8. The van der Waals surface area contributed by atoms with Crippen LogP contribution >= 0.6 is 0 Å². The summed E-state index contributed by atoms with van der Waals surface area (Å²) in [6.07, 6.45) is -1.70. The van der Waals surface area contributed by atoms with Gasteiger partial charge in [0.1, 0.15) is 0 Å². The summed E-state index contributed by atoms with van der Waals surface area (Å²) >= 11 is 0. The van der Waals surface area contributed by atoms with Crippen LogP contribution in [0.3, 0.4) is 0 Å². The number of rotatable bonds is 4. The first-order chi connectivity index (χ1) is 8.11. The lowest BCUT2D eigenvalue weighted by molar-refractivity contribution is -0.110. The van der Waals surface area contributed by atoms with Crippen molar-refractivity contribution in [2.24, 2.45) is 5.73 Å². The van der Waals surface area contributed by atoms with Gasteiger partial charge in [0.2, 0.25) is 12.2 Å². The zero-order valence-electron chi connectivity index (χ0n) is 9.43. The number of hydrogen-bond acceptors (Lipinski definition) is 4. The minimum atomic E-state index is -1.47. The summed E-state index contributed by atoms with van der Waals surface area (Å²) in [6, 6.07) is 1.41. The van der Waals surface area contributed by atoms with Gasteiger partial charge >= 0.3 is 0 Å². The summed E-state index contributed by atoms with van der Waals surface area (Å²) in [4.78, 5) is 10.9. The van der Waals surface area contributed by atoms with Crippen molar-refractivity contribution in [1.82, 2.24) is 9.78 Å². The molecule has 0 bridgehead atoms. The van der Waals surface area contributed by atoms with E-state index in [0.717, 1.165) is 0 Å². The lowest BCUT2D eigenvalue weighted by Crippen LogP contribution is -2.35. The van der Waals surface area contributed by atoms with Crippen LogP contribution in [0.25, 0.3) is 0 Å². The first-order valence-electron chi connectivity index (χ1n) is 5.41. The van der Waals surface area contributed by atoms with Crippen molar-refractivity contribution in [3.63, 3.8) is 0 Å². The molecule has 1 aliphatic heterocycles. The number of alkyl halides is 1. The summed E-state index contributed by atoms with van der Waals surface area (Å²) in [5.74, 6) is -0.286. The third-order valence-corrected chi connectivity index (χ3v) is 2.51. The van der Waals surface area contributed by atoms with E-state index in [0.29, 0.717) is 18.8 Å². The Morgan fingerprint density at radius 3 is 3.29 bits per heavy atom. The van der Waals surface area contributed by atoms with Crippen LogP contribution in [0.15, 0.2) is 6.07 Å². The zero-order valence-corrected chi connectivity index (χ0v) is 9.43. The number of nitrogens with zero attached hydrogens (tertiary/aromatic N) is 2. The highest BCUT2D eigenvalue weighted by Gasteiger charge is 2.29. The highest BCUT2D eigenvalue weighted by Crippen LogP contribution is 2.24. The number of aryl methyl sites for hydroxylation is 1. The van der Waals surface area contributed by atoms with Gasteiger partial charge in [0.25, 0.3) is 5.91 Å². The van der Waals surface area contributed by atoms with E-state index >= 15 is 0 Å². The molecule has 0 saturated heterocycles. The van der Waals surface area contributed by atoms with Crippen molar-refractivity contribution < 1.29 is 18.7 Å². The summed E-state index contributed by atoms with van der Waals surface area (Å²) in [6.45, 7) is 2.47. The molecule has 0 radical (unpaired) electrons. The molecule has 1 aromatic rings. The second-order valence-corrected chi connectivity index (χ2v) is 3.71. The van der Waals surface area contributed by atoms with Crippen LogP contribution in [-0.4, -0.2) is 34.8 Å². The second kappa shape index (κ2) is 4.70. The molecule has 2 unspecified atom stereocenters. The fourth-order valence-electron chi connectivity index (χ4n) is 1.69. The van der Waals surface area contributed by atoms with E-state index in [9.17, 15) is 9.18 Å². The Hall–Kier alpha value is -1.63. The van der Waals surface area contributed by atoms with Crippen LogP contribution in [0, 0.1) is 0 Å². The maximum atomic E-state index is 13.5. The molecule has 2 heterocycles. The largest absolute Gasteiger partial charge is 0.469 e. The number of halogens is 1. The Morgan fingerprint density at radius 1 is 1.88 bits per heavy atom. The van der Waals surface area contributed by atoms with Crippen molar-refractivity contribution >= 4 is 5.91 Å². The van der Waals surface area contributed by atoms with Crippen LogP contribution in [0.1, 0.15) is 23.8 Å². The van der Waals surface area contributed by atoms with Gasteiger partial charge in [-0.05, 0) is 6.92 Å². The molecule has 17 heavy (non-hydrogen) atoms. The fourth-order valence-corrected chi connectivity index (χ4v) is 1.69. The summed E-state index contributed by atoms with van der Waals surface area (Å²) in [5, 5.41) is 3.94. The van der Waals surface area contributed by atoms with E-state index < -0.39 is 18.4 Å². The van der Waals surface area contributed by atoms with Gasteiger partial charge in [0.15, 0.2) is 11.8 Å². The molecule has 2 atom stereocenters. The third-order valence-electron chi connectivity index (χ3n) is 2.51. The average Bonchev–Trinajstić information content (AvgIpc) is 2.71. The Bertz CT molecular complexity index is 421. The Labute approximate surface area is 97.5 Å². The van der Waals surface area contributed by atoms with E-state index in [1.54, 1.807) is 6.92 Å². The molecule has 2 rings (SSSR count). The molecule has 1 amide bonds. The molecule has 0 aliphatic carbocycles. The zero-order chi connectivity index (χ0) is 12.4. The van der Waals surface area contributed by atoms with Gasteiger partial charge in [-0.1, -0.05) is 0 Å². The number of carbonyl (C=O) groups excluding carboxylic acids is 1. The van der Waals surface area contributed by atoms with E-state index in [4.69, 9.17) is 15.2 Å². The number of fused-ring (bicyclic) bond motifs is 1. The van der Waals surface area contributed by atoms with Gasteiger partial charge in [0.05, 0.1) is 0 Å². The second-order valence-electron chi connectivity index (χ2n) is 3.71. The summed E-state index contributed by atoms with van der Waals surface area (Å²) < 4.78 is 25.2. The van der Waals surface area contributed by atoms with Gasteiger partial charge < -0.3 is 15.2 Å². The molecule has 1 aliphatic rings. The Kier molecular flexibility index (Phi) is 3.28. The van der Waals surface area contributed by atoms with E-state index in [1.807, 2.05) is 0 Å². The highest BCUT2D eigenvalue weighted by molar-refractivity contribution is 5.91. The number of nitrogens with two attached hydrogens (primary N) is 1. The number of amides is 1. The average molecular weight is 243 g/mol. The summed E-state index contributed by atoms with van der Waals surface area (Å²) in [7, 11) is 0. The van der Waals surface area contributed by atoms with Gasteiger partial charge in [-0.2, -0.15) is 5.10 Å². The Balaban J connectivity index is 2.10. The number of hydrogen-bond donors (Lipinski definition) is 1. The lowest BCUT2D eigenvalue weighted by atomic mass is 10.2. The Morgan fingerprint density at radius 2 is 2.65 bits per heavy atom. The van der Waals surface area contributed by atoms with E-state index in [2.05, 4.69) is 5.10 Å². The molecule has 7 heteroatoms. The monoisotopic (exact) mass is 243 g/mol. The van der Waals surface area contributed by atoms with Crippen LogP contribution in [0.4, 0.5) is 4.39 Å². The molecule has 0 aromatic carbocycles. The minimum Gasteiger partial charge on any atom is -0.469 e. The van der Waals surface area contributed by atoms with Gasteiger partial charge in [-0.3, -0.25) is 4.79 Å². The van der Waals surface area contributed by atoms with E-state index in [1.165, 1.54) is 10.7 Å². The molecule has 2 N–H and O–H groups in total. The quantitative estimate of drug-likeness (QED) is 0.833. The smallest absolute Gasteiger partial charge is 0.269 e. The number of ether oxygens (including phenoxy) is 2. The van der Waals surface area contributed by atoms with Crippen LogP contribution < -0.4 is 10.5 Å². The van der Waals surface area contributed by atoms with Crippen molar-refractivity contribution in [2.75, 3.05) is 6.61 Å². The lowest BCUT2D eigenvalue weighted by Gasteiger charge is -2.26. The molecule has 6 nitrogen and oxygen atoms in total. The van der Waals surface area contributed by atoms with Crippen molar-refractivity contribution in [1.29, 1.82) is 0 Å². The highest BCUT2D eigenvalue weighted by atomic mass is 19.1. The molecular weight excluding hydrogens is 229 g/mol. The normalized spacial score (nSPS) is 20.5. The molecule has 0 saturated carbocycles. The van der Waals surface area contributed by atoms with Crippen molar-refractivity contribution in [2.45, 2.75) is 32.4 Å².